The first-order valence-electron chi connectivity index (χ1n) is 5.20. The highest BCUT2D eigenvalue weighted by Crippen LogP contribution is 2.30. The fourth-order valence-corrected chi connectivity index (χ4v) is 2.02. The molecule has 2 rings (SSSR count). The molecule has 0 aromatic carbocycles. The number of hydrogen-bond donors (Lipinski definition) is 6. The molecule has 1 aliphatic rings. The first kappa shape index (κ1) is 12.1. The first-order valence-corrected chi connectivity index (χ1v) is 5.20. The molecule has 0 amide bonds. The molecule has 1 unspecified atom stereocenters. The highest BCUT2D eigenvalue weighted by molar-refractivity contribution is 5.30. The molecule has 0 aliphatic carbocycles. The third kappa shape index (κ3) is 2.05. The normalized spacial score (nSPS) is 32.9. The molecule has 1 saturated heterocycles. The van der Waals surface area contributed by atoms with Crippen LogP contribution in [0.5, 0.6) is 5.88 Å². The molecule has 1 aromatic rings. The standard InChI is InChI=1S/C10H14N2O5/c13-3-5-8(15)9(16)7(11-5)4-1-2-6(14)12-10(4)17/h1-2,5,7-9,11,13,15-16H,3H2,(H2,12,14,17)/t5-,7?,8-,9+/m1/s1. The number of nitrogens with one attached hydrogen (secondary N) is 2. The van der Waals surface area contributed by atoms with Gasteiger partial charge in [-0.05, 0) is 6.07 Å². The average Bonchev–Trinajstić information content (AvgIpc) is 2.57. The fourth-order valence-electron chi connectivity index (χ4n) is 2.02. The van der Waals surface area contributed by atoms with Crippen LogP contribution in [-0.4, -0.2) is 50.3 Å². The van der Waals surface area contributed by atoms with Crippen molar-refractivity contribution in [2.24, 2.45) is 0 Å². The van der Waals surface area contributed by atoms with Gasteiger partial charge in [-0.2, -0.15) is 0 Å². The topological polar surface area (TPSA) is 126 Å². The molecule has 7 nitrogen and oxygen atoms in total. The smallest absolute Gasteiger partial charge is 0.250 e. The van der Waals surface area contributed by atoms with Crippen LogP contribution in [0.1, 0.15) is 11.6 Å². The summed E-state index contributed by atoms with van der Waals surface area (Å²) >= 11 is 0. The first-order chi connectivity index (χ1) is 8.04. The molecule has 2 heterocycles. The quantitative estimate of drug-likeness (QED) is 0.350. The van der Waals surface area contributed by atoms with Crippen molar-refractivity contribution < 1.29 is 20.4 Å². The predicted octanol–water partition coefficient (Wildman–Crippen LogP) is -2.19. The molecule has 4 atom stereocenters. The summed E-state index contributed by atoms with van der Waals surface area (Å²) in [7, 11) is 0. The number of hydrogen-bond acceptors (Lipinski definition) is 6. The van der Waals surface area contributed by atoms with Crippen LogP contribution in [0.2, 0.25) is 0 Å². The summed E-state index contributed by atoms with van der Waals surface area (Å²) < 4.78 is 0. The van der Waals surface area contributed by atoms with E-state index in [1.807, 2.05) is 0 Å². The highest BCUT2D eigenvalue weighted by Gasteiger charge is 2.42. The van der Waals surface area contributed by atoms with Crippen molar-refractivity contribution in [2.75, 3.05) is 6.61 Å². The second kappa shape index (κ2) is 4.46. The molecular formula is C10H14N2O5. The molecule has 1 aromatic heterocycles. The summed E-state index contributed by atoms with van der Waals surface area (Å²) in [5.41, 5.74) is -0.190. The lowest BCUT2D eigenvalue weighted by molar-refractivity contribution is 0.0192. The Bertz CT molecular complexity index is 460. The number of H-pyrrole nitrogens is 1. The maximum absolute atomic E-state index is 10.9. The SMILES string of the molecule is O=c1ccc(C2N[C@H](CO)[C@@H](O)[C@H]2O)c(O)[nH]1. The van der Waals surface area contributed by atoms with Crippen LogP contribution < -0.4 is 10.9 Å². The molecule has 0 radical (unpaired) electrons. The molecule has 94 valence electrons. The van der Waals surface area contributed by atoms with Gasteiger partial charge in [0.2, 0.25) is 0 Å². The number of aliphatic hydroxyl groups excluding tert-OH is 3. The van der Waals surface area contributed by atoms with Crippen LogP contribution in [0, 0.1) is 0 Å². The summed E-state index contributed by atoms with van der Waals surface area (Å²) in [6.45, 7) is -0.334. The van der Waals surface area contributed by atoms with Crippen molar-refractivity contribution in [1.82, 2.24) is 10.3 Å². The van der Waals surface area contributed by atoms with E-state index in [-0.39, 0.29) is 18.1 Å². The average molecular weight is 242 g/mol. The Balaban J connectivity index is 2.32. The Labute approximate surface area is 96.4 Å². The van der Waals surface area contributed by atoms with E-state index >= 15 is 0 Å². The second-order valence-electron chi connectivity index (χ2n) is 4.04. The summed E-state index contributed by atoms with van der Waals surface area (Å²) in [6, 6.07) is 1.17. The summed E-state index contributed by atoms with van der Waals surface area (Å²) in [4.78, 5) is 13.1. The monoisotopic (exact) mass is 242 g/mol. The zero-order valence-electron chi connectivity index (χ0n) is 8.87. The molecule has 0 spiro atoms. The summed E-state index contributed by atoms with van der Waals surface area (Å²) in [5, 5.41) is 40.7. The van der Waals surface area contributed by atoms with Crippen molar-refractivity contribution in [2.45, 2.75) is 24.3 Å². The van der Waals surface area contributed by atoms with Gasteiger partial charge < -0.3 is 25.7 Å². The number of aromatic amines is 1. The number of rotatable bonds is 2. The van der Waals surface area contributed by atoms with Crippen molar-refractivity contribution in [3.05, 3.63) is 28.0 Å². The minimum atomic E-state index is -1.16. The molecule has 6 N–H and O–H groups in total. The van der Waals surface area contributed by atoms with Gasteiger partial charge in [-0.15, -0.1) is 0 Å². The maximum Gasteiger partial charge on any atom is 0.250 e. The van der Waals surface area contributed by atoms with Gasteiger partial charge in [0.1, 0.15) is 6.10 Å². The largest absolute Gasteiger partial charge is 0.494 e. The van der Waals surface area contributed by atoms with E-state index in [0.717, 1.165) is 0 Å². The molecule has 7 heteroatoms. The van der Waals surface area contributed by atoms with Gasteiger partial charge in [-0.1, -0.05) is 0 Å². The van der Waals surface area contributed by atoms with Crippen LogP contribution >= 0.6 is 0 Å². The molecule has 1 fully saturated rings. The molecule has 0 saturated carbocycles. The van der Waals surface area contributed by atoms with Crippen molar-refractivity contribution >= 4 is 0 Å². The Kier molecular flexibility index (Phi) is 3.16. The van der Waals surface area contributed by atoms with Gasteiger partial charge >= 0.3 is 0 Å². The van der Waals surface area contributed by atoms with Gasteiger partial charge in [-0.25, -0.2) is 0 Å². The summed E-state index contributed by atoms with van der Waals surface area (Å²) in [6.07, 6.45) is -2.29. The van der Waals surface area contributed by atoms with Crippen molar-refractivity contribution in [3.8, 4) is 5.88 Å². The maximum atomic E-state index is 10.9. The number of aliphatic hydroxyl groups is 3. The predicted molar refractivity (Wildman–Crippen MR) is 57.5 cm³/mol. The fraction of sp³-hybridized carbons (Fsp3) is 0.500. The van der Waals surface area contributed by atoms with Crippen LogP contribution in [0.25, 0.3) is 0 Å². The molecule has 1 aliphatic heterocycles. The van der Waals surface area contributed by atoms with E-state index in [1.54, 1.807) is 0 Å². The van der Waals surface area contributed by atoms with Gasteiger partial charge in [0.25, 0.3) is 5.56 Å². The lowest BCUT2D eigenvalue weighted by Crippen LogP contribution is -2.35. The Hall–Kier alpha value is -1.41. The summed E-state index contributed by atoms with van der Waals surface area (Å²) in [5.74, 6) is -0.361. The second-order valence-corrected chi connectivity index (χ2v) is 4.04. The van der Waals surface area contributed by atoms with E-state index in [4.69, 9.17) is 5.11 Å². The van der Waals surface area contributed by atoms with Crippen molar-refractivity contribution in [1.29, 1.82) is 0 Å². The van der Waals surface area contributed by atoms with E-state index < -0.39 is 29.9 Å². The minimum absolute atomic E-state index is 0.270. The van der Waals surface area contributed by atoms with Crippen molar-refractivity contribution in [3.63, 3.8) is 0 Å². The molecule has 0 bridgehead atoms. The Morgan fingerprint density at radius 3 is 2.47 bits per heavy atom. The van der Waals surface area contributed by atoms with Gasteiger partial charge in [0.05, 0.1) is 24.8 Å². The molecular weight excluding hydrogens is 228 g/mol. The minimum Gasteiger partial charge on any atom is -0.494 e. The zero-order valence-corrected chi connectivity index (χ0v) is 8.87. The van der Waals surface area contributed by atoms with Gasteiger partial charge in [-0.3, -0.25) is 9.78 Å². The third-order valence-corrected chi connectivity index (χ3v) is 2.96. The zero-order chi connectivity index (χ0) is 12.6. The van der Waals surface area contributed by atoms with Crippen LogP contribution in [-0.2, 0) is 0 Å². The number of pyridine rings is 1. The highest BCUT2D eigenvalue weighted by atomic mass is 16.3. The van der Waals surface area contributed by atoms with Gasteiger partial charge in [0, 0.05) is 11.6 Å². The van der Waals surface area contributed by atoms with Crippen LogP contribution in [0.4, 0.5) is 0 Å². The Morgan fingerprint density at radius 2 is 1.94 bits per heavy atom. The van der Waals surface area contributed by atoms with E-state index in [9.17, 15) is 20.1 Å². The lowest BCUT2D eigenvalue weighted by atomic mass is 10.0. The number of aromatic nitrogens is 1. The third-order valence-electron chi connectivity index (χ3n) is 2.96. The van der Waals surface area contributed by atoms with Crippen LogP contribution in [0.3, 0.4) is 0 Å². The number of aromatic hydroxyl groups is 1. The molecule has 17 heavy (non-hydrogen) atoms. The van der Waals surface area contributed by atoms with E-state index in [1.165, 1.54) is 12.1 Å². The van der Waals surface area contributed by atoms with Crippen LogP contribution in [0.15, 0.2) is 16.9 Å². The van der Waals surface area contributed by atoms with Gasteiger partial charge in [0.15, 0.2) is 5.88 Å². The Morgan fingerprint density at radius 1 is 1.24 bits per heavy atom. The van der Waals surface area contributed by atoms with E-state index in [2.05, 4.69) is 10.3 Å². The lowest BCUT2D eigenvalue weighted by Gasteiger charge is -2.16. The van der Waals surface area contributed by atoms with E-state index in [0.29, 0.717) is 0 Å².